The molecule has 1 heterocycles. The van der Waals surface area contributed by atoms with Gasteiger partial charge in [0.2, 0.25) is 5.91 Å². The van der Waals surface area contributed by atoms with E-state index in [4.69, 9.17) is 4.74 Å². The standard InChI is InChI=1S/C26H23FN4O3/c1-34-24-12-11-21(15-23(24)30-26(33)19-6-5-7-20(27)14-19)29-25(32)13-10-18-16-28-31(17-18)22-8-3-2-4-9-22/h2-9,11-12,14-17H,10,13H2,1H3,(H,29,32)(H,30,33). The lowest BCUT2D eigenvalue weighted by Crippen LogP contribution is -2.15. The molecule has 0 saturated heterocycles. The van der Waals surface area contributed by atoms with Crippen LogP contribution >= 0.6 is 0 Å². The van der Waals surface area contributed by atoms with Gasteiger partial charge in [-0.25, -0.2) is 9.07 Å². The molecule has 0 atom stereocenters. The number of hydrogen-bond acceptors (Lipinski definition) is 4. The van der Waals surface area contributed by atoms with E-state index in [1.165, 1.54) is 25.3 Å². The van der Waals surface area contributed by atoms with Gasteiger partial charge in [-0.1, -0.05) is 24.3 Å². The first-order valence-corrected chi connectivity index (χ1v) is 10.7. The molecule has 0 fully saturated rings. The molecule has 0 spiro atoms. The zero-order chi connectivity index (χ0) is 23.9. The normalized spacial score (nSPS) is 10.5. The molecule has 4 aromatic rings. The Labute approximate surface area is 196 Å². The molecule has 0 saturated carbocycles. The summed E-state index contributed by atoms with van der Waals surface area (Å²) in [6.07, 6.45) is 4.43. The predicted octanol–water partition coefficient (Wildman–Crippen LogP) is 4.84. The fourth-order valence-corrected chi connectivity index (χ4v) is 3.40. The number of ether oxygens (including phenoxy) is 1. The van der Waals surface area contributed by atoms with Gasteiger partial charge in [-0.15, -0.1) is 0 Å². The summed E-state index contributed by atoms with van der Waals surface area (Å²) < 4.78 is 20.5. The number of carbonyl (C=O) groups is 2. The number of nitrogens with one attached hydrogen (secondary N) is 2. The van der Waals surface area contributed by atoms with Crippen molar-refractivity contribution in [3.8, 4) is 11.4 Å². The second kappa shape index (κ2) is 10.4. The average molecular weight is 458 g/mol. The number of methoxy groups -OCH3 is 1. The number of anilines is 2. The molecule has 34 heavy (non-hydrogen) atoms. The highest BCUT2D eigenvalue weighted by Gasteiger charge is 2.13. The van der Waals surface area contributed by atoms with Crippen molar-refractivity contribution in [2.24, 2.45) is 0 Å². The third-order valence-corrected chi connectivity index (χ3v) is 5.12. The van der Waals surface area contributed by atoms with E-state index in [1.807, 2.05) is 36.5 Å². The Morgan fingerprint density at radius 1 is 1.00 bits per heavy atom. The van der Waals surface area contributed by atoms with Crippen molar-refractivity contribution < 1.29 is 18.7 Å². The second-order valence-corrected chi connectivity index (χ2v) is 7.56. The molecular weight excluding hydrogens is 435 g/mol. The Bertz CT molecular complexity index is 1300. The maximum atomic E-state index is 13.4. The van der Waals surface area contributed by atoms with Crippen LogP contribution in [0.25, 0.3) is 5.69 Å². The van der Waals surface area contributed by atoms with Crippen LogP contribution in [0, 0.1) is 5.82 Å². The van der Waals surface area contributed by atoms with E-state index in [0.29, 0.717) is 23.5 Å². The molecule has 4 rings (SSSR count). The number of aryl methyl sites for hydroxylation is 1. The molecule has 0 aliphatic rings. The molecule has 2 N–H and O–H groups in total. The molecule has 0 radical (unpaired) electrons. The monoisotopic (exact) mass is 458 g/mol. The fraction of sp³-hybridized carbons (Fsp3) is 0.115. The van der Waals surface area contributed by atoms with Crippen LogP contribution in [0.3, 0.4) is 0 Å². The lowest BCUT2D eigenvalue weighted by molar-refractivity contribution is -0.116. The lowest BCUT2D eigenvalue weighted by Gasteiger charge is -2.13. The van der Waals surface area contributed by atoms with Crippen molar-refractivity contribution in [1.29, 1.82) is 0 Å². The molecule has 8 heteroatoms. The highest BCUT2D eigenvalue weighted by molar-refractivity contribution is 6.05. The minimum Gasteiger partial charge on any atom is -0.495 e. The number of aromatic nitrogens is 2. The highest BCUT2D eigenvalue weighted by Crippen LogP contribution is 2.28. The van der Waals surface area contributed by atoms with E-state index in [-0.39, 0.29) is 17.9 Å². The van der Waals surface area contributed by atoms with Gasteiger partial charge in [0.1, 0.15) is 11.6 Å². The van der Waals surface area contributed by atoms with Crippen LogP contribution in [0.4, 0.5) is 15.8 Å². The smallest absolute Gasteiger partial charge is 0.255 e. The number of nitrogens with zero attached hydrogens (tertiary/aromatic N) is 2. The van der Waals surface area contributed by atoms with Gasteiger partial charge in [-0.05, 0) is 60.5 Å². The molecule has 172 valence electrons. The summed E-state index contributed by atoms with van der Waals surface area (Å²) in [4.78, 5) is 25.0. The van der Waals surface area contributed by atoms with Crippen LogP contribution in [0.1, 0.15) is 22.3 Å². The van der Waals surface area contributed by atoms with Gasteiger partial charge in [0.25, 0.3) is 5.91 Å². The molecule has 3 aromatic carbocycles. The van der Waals surface area contributed by atoms with Gasteiger partial charge in [0, 0.05) is 23.9 Å². The maximum Gasteiger partial charge on any atom is 0.255 e. The topological polar surface area (TPSA) is 85.2 Å². The van der Waals surface area contributed by atoms with Crippen LogP contribution in [0.5, 0.6) is 5.75 Å². The van der Waals surface area contributed by atoms with Crippen LogP contribution < -0.4 is 15.4 Å². The fourth-order valence-electron chi connectivity index (χ4n) is 3.40. The largest absolute Gasteiger partial charge is 0.495 e. The van der Waals surface area contributed by atoms with E-state index >= 15 is 0 Å². The first kappa shape index (κ1) is 22.7. The predicted molar refractivity (Wildman–Crippen MR) is 128 cm³/mol. The molecular formula is C26H23FN4O3. The van der Waals surface area contributed by atoms with E-state index < -0.39 is 11.7 Å². The zero-order valence-electron chi connectivity index (χ0n) is 18.5. The first-order chi connectivity index (χ1) is 16.5. The van der Waals surface area contributed by atoms with Gasteiger partial charge >= 0.3 is 0 Å². The summed E-state index contributed by atoms with van der Waals surface area (Å²) in [7, 11) is 1.47. The minimum absolute atomic E-state index is 0.174. The summed E-state index contributed by atoms with van der Waals surface area (Å²) in [5.74, 6) is -0.761. The van der Waals surface area contributed by atoms with E-state index in [0.717, 1.165) is 17.3 Å². The van der Waals surface area contributed by atoms with Gasteiger partial charge in [0.15, 0.2) is 0 Å². The average Bonchev–Trinajstić information content (AvgIpc) is 3.33. The van der Waals surface area contributed by atoms with Gasteiger partial charge in [-0.2, -0.15) is 5.10 Å². The van der Waals surface area contributed by atoms with Crippen LogP contribution in [0.15, 0.2) is 85.2 Å². The van der Waals surface area contributed by atoms with Crippen LogP contribution in [-0.4, -0.2) is 28.7 Å². The molecule has 0 aliphatic heterocycles. The highest BCUT2D eigenvalue weighted by atomic mass is 19.1. The van der Waals surface area contributed by atoms with Crippen molar-refractivity contribution in [2.75, 3.05) is 17.7 Å². The van der Waals surface area contributed by atoms with Gasteiger partial charge in [0.05, 0.1) is 24.7 Å². The second-order valence-electron chi connectivity index (χ2n) is 7.56. The SMILES string of the molecule is COc1ccc(NC(=O)CCc2cnn(-c3ccccc3)c2)cc1NC(=O)c1cccc(F)c1. The summed E-state index contributed by atoms with van der Waals surface area (Å²) in [6.45, 7) is 0. The van der Waals surface area contributed by atoms with Crippen molar-refractivity contribution >= 4 is 23.2 Å². The Kier molecular flexibility index (Phi) is 6.98. The number of benzene rings is 3. The Hall–Kier alpha value is -4.46. The molecule has 1 aromatic heterocycles. The van der Waals surface area contributed by atoms with E-state index in [2.05, 4.69) is 15.7 Å². The van der Waals surface area contributed by atoms with Crippen LogP contribution in [0.2, 0.25) is 0 Å². The third kappa shape index (κ3) is 5.66. The molecule has 0 aliphatic carbocycles. The molecule has 2 amide bonds. The zero-order valence-corrected chi connectivity index (χ0v) is 18.5. The molecule has 0 unspecified atom stereocenters. The minimum atomic E-state index is -0.505. The van der Waals surface area contributed by atoms with Crippen molar-refractivity contribution in [1.82, 2.24) is 9.78 Å². The Balaban J connectivity index is 1.38. The Morgan fingerprint density at radius 2 is 1.82 bits per heavy atom. The number of para-hydroxylation sites is 1. The number of rotatable bonds is 8. The first-order valence-electron chi connectivity index (χ1n) is 10.7. The maximum absolute atomic E-state index is 13.4. The summed E-state index contributed by atoms with van der Waals surface area (Å²) in [6, 6.07) is 20.0. The number of hydrogen-bond donors (Lipinski definition) is 2. The number of carbonyl (C=O) groups excluding carboxylic acids is 2. The third-order valence-electron chi connectivity index (χ3n) is 5.12. The number of halogens is 1. The van der Waals surface area contributed by atoms with Crippen molar-refractivity contribution in [3.63, 3.8) is 0 Å². The summed E-state index contributed by atoms with van der Waals surface area (Å²) >= 11 is 0. The van der Waals surface area contributed by atoms with Crippen molar-refractivity contribution in [2.45, 2.75) is 12.8 Å². The number of amides is 2. The van der Waals surface area contributed by atoms with Crippen molar-refractivity contribution in [3.05, 3.63) is 102 Å². The summed E-state index contributed by atoms with van der Waals surface area (Å²) in [5, 5.41) is 9.88. The van der Waals surface area contributed by atoms with E-state index in [9.17, 15) is 14.0 Å². The Morgan fingerprint density at radius 3 is 2.59 bits per heavy atom. The lowest BCUT2D eigenvalue weighted by atomic mass is 10.1. The quantitative estimate of drug-likeness (QED) is 0.396. The molecule has 0 bridgehead atoms. The van der Waals surface area contributed by atoms with E-state index in [1.54, 1.807) is 29.1 Å². The summed E-state index contributed by atoms with van der Waals surface area (Å²) in [5.41, 5.74) is 2.92. The van der Waals surface area contributed by atoms with Crippen LogP contribution in [-0.2, 0) is 11.2 Å². The molecule has 7 nitrogen and oxygen atoms in total. The van der Waals surface area contributed by atoms with Gasteiger partial charge in [-0.3, -0.25) is 9.59 Å². The van der Waals surface area contributed by atoms with Gasteiger partial charge < -0.3 is 15.4 Å².